The van der Waals surface area contributed by atoms with E-state index in [0.29, 0.717) is 5.39 Å². The Morgan fingerprint density at radius 1 is 0.875 bits per heavy atom. The minimum atomic E-state index is -3.66. The fourth-order valence-corrected chi connectivity index (χ4v) is 2.50. The van der Waals surface area contributed by atoms with Crippen molar-refractivity contribution in [2.24, 2.45) is 0 Å². The molecule has 0 amide bonds. The molecule has 0 atom stereocenters. The molecule has 0 saturated carbocycles. The first-order valence-corrected chi connectivity index (χ1v) is 6.32. The minimum Gasteiger partial charge on any atom is -0.207 e. The van der Waals surface area contributed by atoms with E-state index >= 15 is 0 Å². The average molecular weight is 300 g/mol. The van der Waals surface area contributed by atoms with E-state index in [1.165, 1.54) is 6.07 Å². The molecule has 2 nitrogen and oxygen atoms in total. The van der Waals surface area contributed by atoms with E-state index in [4.69, 9.17) is 10.7 Å². The minimum absolute atomic E-state index is 0. The molecule has 88 valence electrons. The maximum Gasteiger partial charge on any atom is 0.261 e. The first-order chi connectivity index (χ1) is 6.59. The van der Waals surface area contributed by atoms with E-state index in [9.17, 15) is 8.42 Å². The molecule has 0 heterocycles. The van der Waals surface area contributed by atoms with E-state index in [0.717, 1.165) is 5.39 Å². The molecular weight excluding hydrogens is 291 g/mol. The Labute approximate surface area is 111 Å². The average Bonchev–Trinajstić information content (AvgIpc) is 2.15. The normalized spacial score (nSPS) is 10.3. The molecule has 0 N–H and O–H groups in total. The molecule has 2 aromatic carbocycles. The molecule has 0 unspecified atom stereocenters. The Morgan fingerprint density at radius 2 is 1.44 bits per heavy atom. The molecule has 0 saturated heterocycles. The van der Waals surface area contributed by atoms with Crippen LogP contribution in [0.5, 0.6) is 0 Å². The van der Waals surface area contributed by atoms with Crippen LogP contribution in [-0.4, -0.2) is 8.42 Å². The third kappa shape index (κ3) is 3.01. The highest BCUT2D eigenvalue weighted by molar-refractivity contribution is 8.14. The molecular formula is C10H9Cl3O2S. The maximum atomic E-state index is 11.2. The van der Waals surface area contributed by atoms with Gasteiger partial charge in [-0.2, -0.15) is 0 Å². The Morgan fingerprint density at radius 3 is 2.06 bits per heavy atom. The third-order valence-corrected chi connectivity index (χ3v) is 3.39. The van der Waals surface area contributed by atoms with Crippen molar-refractivity contribution in [3.05, 3.63) is 42.5 Å². The second kappa shape index (κ2) is 5.73. The van der Waals surface area contributed by atoms with Crippen molar-refractivity contribution in [1.82, 2.24) is 0 Å². The zero-order valence-electron chi connectivity index (χ0n) is 7.96. The number of halogens is 3. The van der Waals surface area contributed by atoms with Crippen LogP contribution < -0.4 is 0 Å². The fraction of sp³-hybridized carbons (Fsp3) is 0. The van der Waals surface area contributed by atoms with Crippen LogP contribution >= 0.6 is 35.5 Å². The summed E-state index contributed by atoms with van der Waals surface area (Å²) >= 11 is 0. The van der Waals surface area contributed by atoms with Gasteiger partial charge in [0.2, 0.25) is 0 Å². The maximum absolute atomic E-state index is 11.2. The molecule has 0 bridgehead atoms. The van der Waals surface area contributed by atoms with Gasteiger partial charge in [0.1, 0.15) is 0 Å². The highest BCUT2D eigenvalue weighted by atomic mass is 35.7. The summed E-state index contributed by atoms with van der Waals surface area (Å²) in [5.74, 6) is 0. The van der Waals surface area contributed by atoms with Crippen molar-refractivity contribution in [2.45, 2.75) is 4.90 Å². The first kappa shape index (κ1) is 15.5. The number of rotatable bonds is 1. The van der Waals surface area contributed by atoms with Crippen LogP contribution in [0.4, 0.5) is 0 Å². The quantitative estimate of drug-likeness (QED) is 0.754. The topological polar surface area (TPSA) is 34.1 Å². The van der Waals surface area contributed by atoms with Gasteiger partial charge in [0.25, 0.3) is 9.05 Å². The number of hydrogen-bond acceptors (Lipinski definition) is 2. The molecule has 16 heavy (non-hydrogen) atoms. The van der Waals surface area contributed by atoms with Crippen molar-refractivity contribution in [3.63, 3.8) is 0 Å². The zero-order chi connectivity index (χ0) is 10.2. The molecule has 6 heteroatoms. The Balaban J connectivity index is 0.00000112. The van der Waals surface area contributed by atoms with Gasteiger partial charge >= 0.3 is 0 Å². The third-order valence-electron chi connectivity index (χ3n) is 2.01. The summed E-state index contributed by atoms with van der Waals surface area (Å²) in [6.45, 7) is 0. The van der Waals surface area contributed by atoms with E-state index in [1.807, 2.05) is 18.2 Å². The van der Waals surface area contributed by atoms with Gasteiger partial charge in [0.15, 0.2) is 0 Å². The van der Waals surface area contributed by atoms with Crippen LogP contribution in [-0.2, 0) is 9.05 Å². The van der Waals surface area contributed by atoms with E-state index in [-0.39, 0.29) is 29.7 Å². The van der Waals surface area contributed by atoms with Gasteiger partial charge in [0.05, 0.1) is 4.90 Å². The van der Waals surface area contributed by atoms with Crippen molar-refractivity contribution in [2.75, 3.05) is 0 Å². The predicted octanol–water partition coefficient (Wildman–Crippen LogP) is 3.61. The standard InChI is InChI=1S/C10H7ClO2S.2ClH/c11-14(12,13)10-7-3-5-8-4-1-2-6-9(8)10;;/h1-7H;2*1H. The van der Waals surface area contributed by atoms with Crippen LogP contribution in [0.1, 0.15) is 0 Å². The highest BCUT2D eigenvalue weighted by Gasteiger charge is 2.12. The summed E-state index contributed by atoms with van der Waals surface area (Å²) < 4.78 is 22.4. The van der Waals surface area contributed by atoms with Crippen LogP contribution in [0.2, 0.25) is 0 Å². The molecule has 0 aliphatic heterocycles. The summed E-state index contributed by atoms with van der Waals surface area (Å²) in [6.07, 6.45) is 0. The van der Waals surface area contributed by atoms with Crippen LogP contribution in [0.25, 0.3) is 10.8 Å². The molecule has 2 aromatic rings. The number of hydrogen-bond donors (Lipinski definition) is 0. The lowest BCUT2D eigenvalue weighted by Gasteiger charge is -2.01. The first-order valence-electron chi connectivity index (χ1n) is 4.01. The SMILES string of the molecule is Cl.Cl.O=S(=O)(Cl)c1cccc2ccccc12. The summed E-state index contributed by atoms with van der Waals surface area (Å²) in [7, 11) is 1.65. The molecule has 0 aromatic heterocycles. The predicted molar refractivity (Wildman–Crippen MR) is 71.5 cm³/mol. The molecule has 0 aliphatic carbocycles. The van der Waals surface area contributed by atoms with Gasteiger partial charge in [0, 0.05) is 16.1 Å². The van der Waals surface area contributed by atoms with Crippen molar-refractivity contribution >= 4 is 55.3 Å². The van der Waals surface area contributed by atoms with Crippen LogP contribution in [0.15, 0.2) is 47.4 Å². The molecule has 0 radical (unpaired) electrons. The van der Waals surface area contributed by atoms with E-state index in [1.54, 1.807) is 18.2 Å². The van der Waals surface area contributed by atoms with Crippen LogP contribution in [0, 0.1) is 0 Å². The van der Waals surface area contributed by atoms with Gasteiger partial charge in [-0.05, 0) is 11.5 Å². The molecule has 0 aliphatic rings. The smallest absolute Gasteiger partial charge is 0.207 e. The lowest BCUT2D eigenvalue weighted by molar-refractivity contribution is 0.610. The van der Waals surface area contributed by atoms with Gasteiger partial charge in [-0.15, -0.1) is 24.8 Å². The number of fused-ring (bicyclic) bond motifs is 1. The second-order valence-corrected chi connectivity index (χ2v) is 5.45. The highest BCUT2D eigenvalue weighted by Crippen LogP contribution is 2.25. The van der Waals surface area contributed by atoms with Gasteiger partial charge < -0.3 is 0 Å². The van der Waals surface area contributed by atoms with Crippen LogP contribution in [0.3, 0.4) is 0 Å². The molecule has 2 rings (SSSR count). The van der Waals surface area contributed by atoms with Gasteiger partial charge in [-0.25, -0.2) is 8.42 Å². The Kier molecular flexibility index (Phi) is 5.56. The summed E-state index contributed by atoms with van der Waals surface area (Å²) in [4.78, 5) is 0.164. The summed E-state index contributed by atoms with van der Waals surface area (Å²) in [6, 6.07) is 12.3. The monoisotopic (exact) mass is 298 g/mol. The Hall–Kier alpha value is -0.480. The Bertz CT molecular complexity index is 576. The van der Waals surface area contributed by atoms with Gasteiger partial charge in [-0.1, -0.05) is 36.4 Å². The molecule has 0 fully saturated rings. The van der Waals surface area contributed by atoms with Gasteiger partial charge in [-0.3, -0.25) is 0 Å². The zero-order valence-corrected chi connectivity index (χ0v) is 11.2. The summed E-state index contributed by atoms with van der Waals surface area (Å²) in [5.41, 5.74) is 0. The van der Waals surface area contributed by atoms with E-state index in [2.05, 4.69) is 0 Å². The van der Waals surface area contributed by atoms with E-state index < -0.39 is 9.05 Å². The van der Waals surface area contributed by atoms with Crippen molar-refractivity contribution in [1.29, 1.82) is 0 Å². The van der Waals surface area contributed by atoms with Crippen molar-refractivity contribution < 1.29 is 8.42 Å². The van der Waals surface area contributed by atoms with Crippen molar-refractivity contribution in [3.8, 4) is 0 Å². The lowest BCUT2D eigenvalue weighted by Crippen LogP contribution is -1.91. The largest absolute Gasteiger partial charge is 0.261 e. The fourth-order valence-electron chi connectivity index (χ4n) is 1.41. The number of benzene rings is 2. The lowest BCUT2D eigenvalue weighted by atomic mass is 10.1. The summed E-state index contributed by atoms with van der Waals surface area (Å²) in [5, 5.41) is 1.53. The second-order valence-electron chi connectivity index (χ2n) is 2.92. The molecule has 0 spiro atoms.